The standard InChI is InChI=1S/C17H15NO3/c1-13-6-2-3-7-14(13)12-21-16-9-5-4-8-15(16)17(19)20-11-10-18/h2-9H,11-12H2,1H3. The number of esters is 1. The van der Waals surface area contributed by atoms with Gasteiger partial charge < -0.3 is 9.47 Å². The van der Waals surface area contributed by atoms with Crippen LogP contribution in [0.3, 0.4) is 0 Å². The molecule has 0 aliphatic carbocycles. The molecule has 0 heterocycles. The number of hydrogen-bond acceptors (Lipinski definition) is 4. The first-order chi connectivity index (χ1) is 10.2. The van der Waals surface area contributed by atoms with Crippen molar-refractivity contribution in [2.75, 3.05) is 6.61 Å². The van der Waals surface area contributed by atoms with E-state index in [1.54, 1.807) is 30.3 Å². The van der Waals surface area contributed by atoms with Gasteiger partial charge in [0, 0.05) is 0 Å². The van der Waals surface area contributed by atoms with Crippen LogP contribution in [-0.2, 0) is 11.3 Å². The van der Waals surface area contributed by atoms with Gasteiger partial charge in [0.1, 0.15) is 24.0 Å². The van der Waals surface area contributed by atoms with Crippen molar-refractivity contribution < 1.29 is 14.3 Å². The first-order valence-electron chi connectivity index (χ1n) is 6.53. The van der Waals surface area contributed by atoms with E-state index in [4.69, 9.17) is 14.7 Å². The Morgan fingerprint density at radius 1 is 1.14 bits per heavy atom. The third-order valence-electron chi connectivity index (χ3n) is 3.02. The van der Waals surface area contributed by atoms with Crippen LogP contribution < -0.4 is 4.74 Å². The van der Waals surface area contributed by atoms with Gasteiger partial charge in [-0.3, -0.25) is 0 Å². The molecule has 0 saturated carbocycles. The molecule has 0 bridgehead atoms. The SMILES string of the molecule is Cc1ccccc1COc1ccccc1C(=O)OCC#N. The smallest absolute Gasteiger partial charge is 0.342 e. The van der Waals surface area contributed by atoms with E-state index in [0.717, 1.165) is 11.1 Å². The Kier molecular flexibility index (Phi) is 4.94. The number of nitriles is 1. The maximum Gasteiger partial charge on any atom is 0.342 e. The summed E-state index contributed by atoms with van der Waals surface area (Å²) in [5, 5.41) is 8.46. The molecule has 0 saturated heterocycles. The molecule has 0 aliphatic rings. The molecule has 0 amide bonds. The maximum atomic E-state index is 11.8. The Hall–Kier alpha value is -2.80. The summed E-state index contributed by atoms with van der Waals surface area (Å²) in [6.07, 6.45) is 0. The molecular weight excluding hydrogens is 266 g/mol. The van der Waals surface area contributed by atoms with E-state index in [0.29, 0.717) is 17.9 Å². The Morgan fingerprint density at radius 3 is 2.62 bits per heavy atom. The number of para-hydroxylation sites is 1. The molecule has 4 heteroatoms. The van der Waals surface area contributed by atoms with E-state index in [9.17, 15) is 4.79 Å². The molecule has 0 radical (unpaired) electrons. The first kappa shape index (κ1) is 14.6. The molecule has 0 N–H and O–H groups in total. The summed E-state index contributed by atoms with van der Waals surface area (Å²) in [6.45, 7) is 2.10. The van der Waals surface area contributed by atoms with Gasteiger partial charge in [-0.05, 0) is 30.2 Å². The van der Waals surface area contributed by atoms with Gasteiger partial charge in [-0.25, -0.2) is 4.79 Å². The second-order valence-corrected chi connectivity index (χ2v) is 4.45. The van der Waals surface area contributed by atoms with Gasteiger partial charge in [0.25, 0.3) is 0 Å². The monoisotopic (exact) mass is 281 g/mol. The van der Waals surface area contributed by atoms with Crippen molar-refractivity contribution in [3.05, 3.63) is 65.2 Å². The number of rotatable bonds is 5. The third kappa shape index (κ3) is 3.83. The number of hydrogen-bond donors (Lipinski definition) is 0. The molecular formula is C17H15NO3. The number of ether oxygens (including phenoxy) is 2. The summed E-state index contributed by atoms with van der Waals surface area (Å²) in [4.78, 5) is 11.8. The quantitative estimate of drug-likeness (QED) is 0.789. The fourth-order valence-corrected chi connectivity index (χ4v) is 1.86. The Bertz CT molecular complexity index is 674. The number of carbonyl (C=O) groups is 1. The lowest BCUT2D eigenvalue weighted by atomic mass is 10.1. The van der Waals surface area contributed by atoms with Crippen molar-refractivity contribution in [2.24, 2.45) is 0 Å². The van der Waals surface area contributed by atoms with Crippen LogP contribution in [-0.4, -0.2) is 12.6 Å². The molecule has 0 fully saturated rings. The largest absolute Gasteiger partial charge is 0.488 e. The summed E-state index contributed by atoms with van der Waals surface area (Å²) in [5.74, 6) is -0.111. The highest BCUT2D eigenvalue weighted by atomic mass is 16.5. The predicted octanol–water partition coefficient (Wildman–Crippen LogP) is 3.25. The highest BCUT2D eigenvalue weighted by molar-refractivity contribution is 5.92. The van der Waals surface area contributed by atoms with Gasteiger partial charge in [0.05, 0.1) is 0 Å². The summed E-state index contributed by atoms with van der Waals surface area (Å²) < 4.78 is 10.5. The molecule has 21 heavy (non-hydrogen) atoms. The van der Waals surface area contributed by atoms with Crippen LogP contribution >= 0.6 is 0 Å². The van der Waals surface area contributed by atoms with E-state index in [-0.39, 0.29) is 6.61 Å². The molecule has 2 aromatic carbocycles. The minimum atomic E-state index is -0.558. The van der Waals surface area contributed by atoms with Crippen molar-refractivity contribution in [1.29, 1.82) is 5.26 Å². The highest BCUT2D eigenvalue weighted by Gasteiger charge is 2.13. The molecule has 0 unspecified atom stereocenters. The molecule has 0 aromatic heterocycles. The zero-order valence-corrected chi connectivity index (χ0v) is 11.7. The summed E-state index contributed by atoms with van der Waals surface area (Å²) in [5.41, 5.74) is 2.50. The Morgan fingerprint density at radius 2 is 1.86 bits per heavy atom. The average Bonchev–Trinajstić information content (AvgIpc) is 2.52. The van der Waals surface area contributed by atoms with E-state index in [2.05, 4.69) is 0 Å². The van der Waals surface area contributed by atoms with Crippen LogP contribution in [0.15, 0.2) is 48.5 Å². The number of aryl methyl sites for hydroxylation is 1. The van der Waals surface area contributed by atoms with Gasteiger partial charge in [-0.15, -0.1) is 0 Å². The topological polar surface area (TPSA) is 59.3 Å². The van der Waals surface area contributed by atoms with Crippen LogP contribution in [0.25, 0.3) is 0 Å². The second kappa shape index (κ2) is 7.11. The van der Waals surface area contributed by atoms with E-state index in [1.165, 1.54) is 0 Å². The Labute approximate surface area is 123 Å². The van der Waals surface area contributed by atoms with Crippen LogP contribution in [0.4, 0.5) is 0 Å². The lowest BCUT2D eigenvalue weighted by Gasteiger charge is -2.11. The maximum absolute atomic E-state index is 11.8. The fourth-order valence-electron chi connectivity index (χ4n) is 1.86. The molecule has 0 atom stereocenters. The third-order valence-corrected chi connectivity index (χ3v) is 3.02. The normalized spacial score (nSPS) is 9.71. The van der Waals surface area contributed by atoms with Gasteiger partial charge in [-0.1, -0.05) is 36.4 Å². The zero-order chi connectivity index (χ0) is 15.1. The fraction of sp³-hybridized carbons (Fsp3) is 0.176. The molecule has 106 valence electrons. The predicted molar refractivity (Wildman–Crippen MR) is 77.8 cm³/mol. The minimum Gasteiger partial charge on any atom is -0.488 e. The van der Waals surface area contributed by atoms with Gasteiger partial charge in [-0.2, -0.15) is 5.26 Å². The second-order valence-electron chi connectivity index (χ2n) is 4.45. The molecule has 2 aromatic rings. The average molecular weight is 281 g/mol. The van der Waals surface area contributed by atoms with Crippen LogP contribution in [0.1, 0.15) is 21.5 Å². The van der Waals surface area contributed by atoms with Gasteiger partial charge in [0.2, 0.25) is 0 Å². The van der Waals surface area contributed by atoms with Crippen LogP contribution in [0.2, 0.25) is 0 Å². The van der Waals surface area contributed by atoms with E-state index < -0.39 is 5.97 Å². The van der Waals surface area contributed by atoms with Crippen molar-refractivity contribution in [3.63, 3.8) is 0 Å². The zero-order valence-electron chi connectivity index (χ0n) is 11.7. The lowest BCUT2D eigenvalue weighted by molar-refractivity contribution is 0.0550. The Balaban J connectivity index is 2.12. The lowest BCUT2D eigenvalue weighted by Crippen LogP contribution is -2.08. The van der Waals surface area contributed by atoms with Crippen molar-refractivity contribution >= 4 is 5.97 Å². The van der Waals surface area contributed by atoms with Gasteiger partial charge >= 0.3 is 5.97 Å². The summed E-state index contributed by atoms with van der Waals surface area (Å²) in [7, 11) is 0. The molecule has 4 nitrogen and oxygen atoms in total. The van der Waals surface area contributed by atoms with E-state index >= 15 is 0 Å². The minimum absolute atomic E-state index is 0.273. The van der Waals surface area contributed by atoms with Crippen LogP contribution in [0, 0.1) is 18.3 Å². The van der Waals surface area contributed by atoms with E-state index in [1.807, 2.05) is 31.2 Å². The first-order valence-corrected chi connectivity index (χ1v) is 6.53. The molecule has 0 spiro atoms. The summed E-state index contributed by atoms with van der Waals surface area (Å²) in [6, 6.07) is 16.5. The highest BCUT2D eigenvalue weighted by Crippen LogP contribution is 2.21. The molecule has 2 rings (SSSR count). The number of benzene rings is 2. The van der Waals surface area contributed by atoms with Gasteiger partial charge in [0.15, 0.2) is 6.61 Å². The number of carbonyl (C=O) groups excluding carboxylic acids is 1. The molecule has 0 aliphatic heterocycles. The van der Waals surface area contributed by atoms with Crippen LogP contribution in [0.5, 0.6) is 5.75 Å². The number of nitrogens with zero attached hydrogens (tertiary/aromatic N) is 1. The van der Waals surface area contributed by atoms with Crippen molar-refractivity contribution in [2.45, 2.75) is 13.5 Å². The van der Waals surface area contributed by atoms with Crippen molar-refractivity contribution in [1.82, 2.24) is 0 Å². The summed E-state index contributed by atoms with van der Waals surface area (Å²) >= 11 is 0. The van der Waals surface area contributed by atoms with Crippen molar-refractivity contribution in [3.8, 4) is 11.8 Å².